The predicted molar refractivity (Wildman–Crippen MR) is 143 cm³/mol. The summed E-state index contributed by atoms with van der Waals surface area (Å²) in [7, 11) is 0. The number of nitrogens with zero attached hydrogens (tertiary/aromatic N) is 1. The van der Waals surface area contributed by atoms with Crippen LogP contribution < -0.4 is 14.4 Å². The van der Waals surface area contributed by atoms with Gasteiger partial charge in [0.05, 0.1) is 24.8 Å². The van der Waals surface area contributed by atoms with Crippen LogP contribution in [0.4, 0.5) is 5.69 Å². The minimum atomic E-state index is -0.847. The van der Waals surface area contributed by atoms with Crippen molar-refractivity contribution in [1.29, 1.82) is 0 Å². The van der Waals surface area contributed by atoms with Crippen molar-refractivity contribution in [3.05, 3.63) is 95.2 Å². The number of aliphatic hydroxyl groups is 1. The number of aryl methyl sites for hydroxylation is 1. The number of ketones is 1. The molecule has 37 heavy (non-hydrogen) atoms. The molecule has 1 atom stereocenters. The van der Waals surface area contributed by atoms with Crippen molar-refractivity contribution in [3.63, 3.8) is 0 Å². The number of hydrogen-bond donors (Lipinski definition) is 2. The standard InChI is InChI=1S/C30H28N2O5/c1-4-36-21-10-8-9-20(16-21)32-27(23-17-31-24-12-7-6-11-22(23)24)26(29(34)30(32)35)28(33)19-13-14-25(37-5-2)18(3)15-19/h6-17,27,31,33H,4-5H2,1-3H3/b28-26+. The molecule has 1 aliphatic rings. The molecule has 1 fully saturated rings. The summed E-state index contributed by atoms with van der Waals surface area (Å²) in [6, 6.07) is 19.1. The highest BCUT2D eigenvalue weighted by molar-refractivity contribution is 6.52. The summed E-state index contributed by atoms with van der Waals surface area (Å²) in [5.74, 6) is -0.417. The molecule has 1 amide bonds. The zero-order valence-electron chi connectivity index (χ0n) is 20.9. The fourth-order valence-corrected chi connectivity index (χ4v) is 4.87. The van der Waals surface area contributed by atoms with Gasteiger partial charge in [0.1, 0.15) is 17.3 Å². The summed E-state index contributed by atoms with van der Waals surface area (Å²) in [6.07, 6.45) is 1.79. The minimum Gasteiger partial charge on any atom is -0.507 e. The molecule has 188 valence electrons. The average molecular weight is 497 g/mol. The van der Waals surface area contributed by atoms with Crippen LogP contribution in [0.2, 0.25) is 0 Å². The van der Waals surface area contributed by atoms with Crippen LogP contribution in [0.15, 0.2) is 78.5 Å². The number of para-hydroxylation sites is 1. The lowest BCUT2D eigenvalue weighted by molar-refractivity contribution is -0.132. The number of rotatable bonds is 7. The Bertz CT molecular complexity index is 1530. The number of nitrogens with one attached hydrogen (secondary N) is 1. The number of amides is 1. The minimum absolute atomic E-state index is 0.0279. The van der Waals surface area contributed by atoms with Gasteiger partial charge < -0.3 is 19.6 Å². The van der Waals surface area contributed by atoms with E-state index in [4.69, 9.17) is 9.47 Å². The number of ether oxygens (including phenoxy) is 2. The number of Topliss-reactive ketones (excluding diaryl/α,β-unsaturated/α-hetero) is 1. The van der Waals surface area contributed by atoms with E-state index in [1.54, 1.807) is 48.7 Å². The van der Waals surface area contributed by atoms with Crippen LogP contribution in [0.5, 0.6) is 11.5 Å². The normalized spacial score (nSPS) is 16.9. The molecule has 3 aromatic carbocycles. The van der Waals surface area contributed by atoms with Crippen LogP contribution >= 0.6 is 0 Å². The van der Waals surface area contributed by atoms with E-state index in [9.17, 15) is 14.7 Å². The highest BCUT2D eigenvalue weighted by Gasteiger charge is 2.47. The Balaban J connectivity index is 1.73. The van der Waals surface area contributed by atoms with Crippen LogP contribution in [0.25, 0.3) is 16.7 Å². The number of aromatic nitrogens is 1. The number of carbonyl (C=O) groups excluding carboxylic acids is 2. The summed E-state index contributed by atoms with van der Waals surface area (Å²) < 4.78 is 11.3. The van der Waals surface area contributed by atoms with E-state index in [1.807, 2.05) is 45.0 Å². The maximum atomic E-state index is 13.5. The molecule has 1 aliphatic heterocycles. The lowest BCUT2D eigenvalue weighted by Crippen LogP contribution is -2.29. The lowest BCUT2D eigenvalue weighted by Gasteiger charge is -2.25. The van der Waals surface area contributed by atoms with E-state index in [-0.39, 0.29) is 11.3 Å². The van der Waals surface area contributed by atoms with Gasteiger partial charge in [0.25, 0.3) is 11.7 Å². The van der Waals surface area contributed by atoms with Gasteiger partial charge in [-0.25, -0.2) is 0 Å². The SMILES string of the molecule is CCOc1cccc(N2C(=O)C(=O)/C(=C(/O)c3ccc(OCC)c(C)c3)C2c2c[nH]c3ccccc23)c1. The number of carbonyl (C=O) groups is 2. The van der Waals surface area contributed by atoms with Crippen molar-refractivity contribution < 1.29 is 24.2 Å². The number of aromatic amines is 1. The zero-order chi connectivity index (χ0) is 26.1. The van der Waals surface area contributed by atoms with E-state index < -0.39 is 17.7 Å². The van der Waals surface area contributed by atoms with Crippen LogP contribution in [0.3, 0.4) is 0 Å². The number of anilines is 1. The van der Waals surface area contributed by atoms with Gasteiger partial charge >= 0.3 is 0 Å². The second-order valence-corrected chi connectivity index (χ2v) is 8.80. The molecular weight excluding hydrogens is 468 g/mol. The molecule has 2 heterocycles. The van der Waals surface area contributed by atoms with Crippen molar-refractivity contribution in [2.75, 3.05) is 18.1 Å². The van der Waals surface area contributed by atoms with Gasteiger partial charge in [-0.2, -0.15) is 0 Å². The summed E-state index contributed by atoms with van der Waals surface area (Å²) in [6.45, 7) is 6.63. The third-order valence-electron chi connectivity index (χ3n) is 6.52. The monoisotopic (exact) mass is 496 g/mol. The molecule has 7 nitrogen and oxygen atoms in total. The maximum absolute atomic E-state index is 13.5. The first kappa shape index (κ1) is 24.2. The van der Waals surface area contributed by atoms with Gasteiger partial charge in [0.2, 0.25) is 0 Å². The fourth-order valence-electron chi connectivity index (χ4n) is 4.87. The molecule has 0 radical (unpaired) electrons. The highest BCUT2D eigenvalue weighted by Crippen LogP contribution is 2.45. The third-order valence-corrected chi connectivity index (χ3v) is 6.52. The molecular formula is C30H28N2O5. The molecule has 5 rings (SSSR count). The second kappa shape index (κ2) is 9.85. The molecule has 1 aromatic heterocycles. The largest absolute Gasteiger partial charge is 0.507 e. The molecule has 2 N–H and O–H groups in total. The molecule has 0 saturated carbocycles. The fraction of sp³-hybridized carbons (Fsp3) is 0.200. The number of benzene rings is 3. The van der Waals surface area contributed by atoms with E-state index in [0.29, 0.717) is 41.5 Å². The first-order valence-electron chi connectivity index (χ1n) is 12.3. The van der Waals surface area contributed by atoms with Gasteiger partial charge in [-0.15, -0.1) is 0 Å². The number of hydrogen-bond acceptors (Lipinski definition) is 5. The predicted octanol–water partition coefficient (Wildman–Crippen LogP) is 5.90. The van der Waals surface area contributed by atoms with Gasteiger partial charge in [0.15, 0.2) is 0 Å². The Hall–Kier alpha value is -4.52. The number of fused-ring (bicyclic) bond motifs is 1. The first-order valence-corrected chi connectivity index (χ1v) is 12.3. The zero-order valence-corrected chi connectivity index (χ0v) is 20.9. The Kier molecular flexibility index (Phi) is 6.44. The Morgan fingerprint density at radius 3 is 2.51 bits per heavy atom. The van der Waals surface area contributed by atoms with Gasteiger partial charge in [-0.3, -0.25) is 14.5 Å². The smallest absolute Gasteiger partial charge is 0.300 e. The Morgan fingerprint density at radius 2 is 1.76 bits per heavy atom. The summed E-state index contributed by atoms with van der Waals surface area (Å²) in [4.78, 5) is 31.7. The van der Waals surface area contributed by atoms with Crippen molar-refractivity contribution in [2.45, 2.75) is 26.8 Å². The van der Waals surface area contributed by atoms with Crippen LogP contribution in [0, 0.1) is 6.92 Å². The topological polar surface area (TPSA) is 91.9 Å². The Labute approximate surface area is 214 Å². The highest BCUT2D eigenvalue weighted by atomic mass is 16.5. The van der Waals surface area contributed by atoms with Crippen LogP contribution in [-0.2, 0) is 9.59 Å². The molecule has 1 unspecified atom stereocenters. The molecule has 1 saturated heterocycles. The lowest BCUT2D eigenvalue weighted by atomic mass is 9.94. The van der Waals surface area contributed by atoms with Crippen molar-refractivity contribution >= 4 is 34.0 Å². The van der Waals surface area contributed by atoms with Gasteiger partial charge in [-0.05, 0) is 62.7 Å². The van der Waals surface area contributed by atoms with Crippen LogP contribution in [-0.4, -0.2) is 35.0 Å². The van der Waals surface area contributed by atoms with Crippen molar-refractivity contribution in [1.82, 2.24) is 4.98 Å². The molecule has 4 aromatic rings. The number of H-pyrrole nitrogens is 1. The molecule has 0 spiro atoms. The summed E-state index contributed by atoms with van der Waals surface area (Å²) in [5.41, 5.74) is 3.36. The molecule has 0 bridgehead atoms. The second-order valence-electron chi connectivity index (χ2n) is 8.80. The van der Waals surface area contributed by atoms with Gasteiger partial charge in [-0.1, -0.05) is 24.3 Å². The van der Waals surface area contributed by atoms with E-state index in [1.165, 1.54) is 4.90 Å². The maximum Gasteiger partial charge on any atom is 0.300 e. The van der Waals surface area contributed by atoms with E-state index in [0.717, 1.165) is 16.5 Å². The molecule has 7 heteroatoms. The van der Waals surface area contributed by atoms with Gasteiger partial charge in [0, 0.05) is 40.0 Å². The van der Waals surface area contributed by atoms with Crippen molar-refractivity contribution in [3.8, 4) is 11.5 Å². The number of aliphatic hydroxyl groups excluding tert-OH is 1. The van der Waals surface area contributed by atoms with E-state index >= 15 is 0 Å². The summed E-state index contributed by atoms with van der Waals surface area (Å²) >= 11 is 0. The van der Waals surface area contributed by atoms with Crippen LogP contribution in [0.1, 0.15) is 36.6 Å². The quantitative estimate of drug-likeness (QED) is 0.189. The first-order chi connectivity index (χ1) is 17.9. The van der Waals surface area contributed by atoms with Crippen molar-refractivity contribution in [2.24, 2.45) is 0 Å². The third kappa shape index (κ3) is 4.22. The molecule has 0 aliphatic carbocycles. The summed E-state index contributed by atoms with van der Waals surface area (Å²) in [5, 5.41) is 12.4. The average Bonchev–Trinajstić information content (AvgIpc) is 3.44. The Morgan fingerprint density at radius 1 is 0.973 bits per heavy atom. The van der Waals surface area contributed by atoms with E-state index in [2.05, 4.69) is 4.98 Å².